The van der Waals surface area contributed by atoms with E-state index >= 15 is 0 Å². The highest BCUT2D eigenvalue weighted by Gasteiger charge is 2.44. The molecule has 2 rings (SSSR count). The van der Waals surface area contributed by atoms with Gasteiger partial charge >= 0.3 is 5.97 Å². The molecule has 5 heteroatoms. The van der Waals surface area contributed by atoms with Crippen LogP contribution >= 0.6 is 0 Å². The number of carbonyl (C=O) groups excluding carboxylic acids is 1. The topological polar surface area (TPSA) is 66.8 Å². The fraction of sp³-hybridized carbons (Fsp3) is 0.867. The maximum absolute atomic E-state index is 12.6. The highest BCUT2D eigenvalue weighted by molar-refractivity contribution is 5.85. The zero-order valence-electron chi connectivity index (χ0n) is 12.4. The predicted octanol–water partition coefficient (Wildman–Crippen LogP) is 1.76. The van der Waals surface area contributed by atoms with Crippen LogP contribution in [0.2, 0.25) is 0 Å². The molecule has 1 aliphatic heterocycles. The second-order valence-electron chi connectivity index (χ2n) is 6.09. The molecule has 1 saturated heterocycles. The Bertz CT molecular complexity index is 365. The van der Waals surface area contributed by atoms with Gasteiger partial charge in [-0.1, -0.05) is 13.3 Å². The Labute approximate surface area is 120 Å². The average Bonchev–Trinajstić information content (AvgIpc) is 2.91. The number of carboxylic acid groups (broad SMARTS) is 1. The third-order valence-corrected chi connectivity index (χ3v) is 4.96. The van der Waals surface area contributed by atoms with Gasteiger partial charge in [0.15, 0.2) is 0 Å². The van der Waals surface area contributed by atoms with Crippen LogP contribution in [0.4, 0.5) is 0 Å². The summed E-state index contributed by atoms with van der Waals surface area (Å²) in [5, 5.41) is 9.35. The predicted molar refractivity (Wildman–Crippen MR) is 74.2 cm³/mol. The summed E-state index contributed by atoms with van der Waals surface area (Å²) in [7, 11) is 1.82. The summed E-state index contributed by atoms with van der Waals surface area (Å²) in [4.78, 5) is 25.8. The lowest BCUT2D eigenvalue weighted by atomic mass is 9.93. The van der Waals surface area contributed by atoms with Gasteiger partial charge in [-0.05, 0) is 31.6 Å². The van der Waals surface area contributed by atoms with E-state index in [1.807, 2.05) is 7.05 Å². The number of hydrogen-bond acceptors (Lipinski definition) is 3. The molecule has 0 bridgehead atoms. The Kier molecular flexibility index (Phi) is 5.02. The van der Waals surface area contributed by atoms with Gasteiger partial charge in [0, 0.05) is 26.3 Å². The normalized spacial score (nSPS) is 31.2. The Hall–Kier alpha value is -1.10. The van der Waals surface area contributed by atoms with Crippen molar-refractivity contribution in [2.75, 3.05) is 20.3 Å². The molecule has 3 unspecified atom stereocenters. The van der Waals surface area contributed by atoms with E-state index in [9.17, 15) is 14.7 Å². The van der Waals surface area contributed by atoms with Gasteiger partial charge in [-0.25, -0.2) is 0 Å². The maximum atomic E-state index is 12.6. The molecule has 0 radical (unpaired) electrons. The van der Waals surface area contributed by atoms with Gasteiger partial charge in [0.1, 0.15) is 0 Å². The molecular formula is C15H25NO4. The van der Waals surface area contributed by atoms with Crippen molar-refractivity contribution in [3.63, 3.8) is 0 Å². The highest BCUT2D eigenvalue weighted by atomic mass is 16.5. The lowest BCUT2D eigenvalue weighted by Crippen LogP contribution is -2.45. The van der Waals surface area contributed by atoms with Crippen molar-refractivity contribution < 1.29 is 19.4 Å². The fourth-order valence-electron chi connectivity index (χ4n) is 3.54. The third kappa shape index (κ3) is 3.14. The van der Waals surface area contributed by atoms with Crippen LogP contribution in [0.5, 0.6) is 0 Å². The number of rotatable bonds is 4. The molecule has 5 nitrogen and oxygen atoms in total. The summed E-state index contributed by atoms with van der Waals surface area (Å²) >= 11 is 0. The molecular weight excluding hydrogens is 258 g/mol. The molecule has 2 aliphatic rings. The summed E-state index contributed by atoms with van der Waals surface area (Å²) in [5.41, 5.74) is 0. The minimum Gasteiger partial charge on any atom is -0.481 e. The molecule has 114 valence electrons. The van der Waals surface area contributed by atoms with E-state index < -0.39 is 11.9 Å². The van der Waals surface area contributed by atoms with Crippen LogP contribution in [-0.2, 0) is 14.3 Å². The first-order chi connectivity index (χ1) is 9.54. The minimum absolute atomic E-state index is 0.0141. The largest absolute Gasteiger partial charge is 0.481 e. The van der Waals surface area contributed by atoms with Crippen LogP contribution in [0, 0.1) is 17.8 Å². The lowest BCUT2D eigenvalue weighted by Gasteiger charge is -2.33. The molecule has 0 aromatic carbocycles. The van der Waals surface area contributed by atoms with Gasteiger partial charge in [0.05, 0.1) is 11.8 Å². The zero-order valence-corrected chi connectivity index (χ0v) is 12.4. The fourth-order valence-corrected chi connectivity index (χ4v) is 3.54. The summed E-state index contributed by atoms with van der Waals surface area (Å²) in [6.07, 6.45) is 4.02. The third-order valence-electron chi connectivity index (χ3n) is 4.96. The second-order valence-corrected chi connectivity index (χ2v) is 6.09. The molecule has 0 aromatic heterocycles. The van der Waals surface area contributed by atoms with Crippen molar-refractivity contribution in [3.05, 3.63) is 0 Å². The van der Waals surface area contributed by atoms with Crippen LogP contribution in [0.15, 0.2) is 0 Å². The second kappa shape index (κ2) is 6.57. The quantitative estimate of drug-likeness (QED) is 0.853. The van der Waals surface area contributed by atoms with Crippen LogP contribution in [0.25, 0.3) is 0 Å². The number of carbonyl (C=O) groups is 2. The summed E-state index contributed by atoms with van der Waals surface area (Å²) in [6, 6.07) is 0.200. The van der Waals surface area contributed by atoms with E-state index in [2.05, 4.69) is 6.92 Å². The molecule has 1 aliphatic carbocycles. The Morgan fingerprint density at radius 1 is 1.20 bits per heavy atom. The smallest absolute Gasteiger partial charge is 0.307 e. The Morgan fingerprint density at radius 3 is 2.35 bits per heavy atom. The van der Waals surface area contributed by atoms with E-state index in [0.29, 0.717) is 25.6 Å². The van der Waals surface area contributed by atoms with E-state index in [1.165, 1.54) is 0 Å². The molecule has 0 aromatic rings. The average molecular weight is 283 g/mol. The standard InChI is InChI=1S/C15H25NO4/c1-3-10-8-12(13(9-10)15(18)19)14(17)16(2)11-4-6-20-7-5-11/h10-13H,3-9H2,1-2H3,(H,18,19). The van der Waals surface area contributed by atoms with Crippen molar-refractivity contribution in [2.45, 2.75) is 45.1 Å². The van der Waals surface area contributed by atoms with Crippen LogP contribution in [0.1, 0.15) is 39.0 Å². The van der Waals surface area contributed by atoms with Crippen molar-refractivity contribution in [3.8, 4) is 0 Å². The number of aliphatic carboxylic acids is 1. The molecule has 1 N–H and O–H groups in total. The Balaban J connectivity index is 2.03. The first-order valence-corrected chi connectivity index (χ1v) is 7.61. The van der Waals surface area contributed by atoms with Crippen molar-refractivity contribution in [1.82, 2.24) is 4.90 Å². The van der Waals surface area contributed by atoms with Gasteiger partial charge in [0.25, 0.3) is 0 Å². The van der Waals surface area contributed by atoms with Gasteiger partial charge in [-0.3, -0.25) is 9.59 Å². The molecule has 2 fully saturated rings. The van der Waals surface area contributed by atoms with Crippen LogP contribution in [-0.4, -0.2) is 48.2 Å². The van der Waals surface area contributed by atoms with Crippen molar-refractivity contribution in [2.24, 2.45) is 17.8 Å². The summed E-state index contributed by atoms with van der Waals surface area (Å²) in [5.74, 6) is -1.28. The summed E-state index contributed by atoms with van der Waals surface area (Å²) < 4.78 is 5.32. The Morgan fingerprint density at radius 2 is 1.80 bits per heavy atom. The van der Waals surface area contributed by atoms with E-state index in [1.54, 1.807) is 4.90 Å². The SMILES string of the molecule is CCC1CC(C(=O)O)C(C(=O)N(C)C2CCOCC2)C1. The van der Waals surface area contributed by atoms with Crippen molar-refractivity contribution >= 4 is 11.9 Å². The van der Waals surface area contributed by atoms with Crippen LogP contribution < -0.4 is 0 Å². The maximum Gasteiger partial charge on any atom is 0.307 e. The minimum atomic E-state index is -0.820. The monoisotopic (exact) mass is 283 g/mol. The van der Waals surface area contributed by atoms with E-state index in [0.717, 1.165) is 25.7 Å². The summed E-state index contributed by atoms with van der Waals surface area (Å²) in [6.45, 7) is 3.44. The number of nitrogens with zero attached hydrogens (tertiary/aromatic N) is 1. The van der Waals surface area contributed by atoms with E-state index in [-0.39, 0.29) is 17.9 Å². The molecule has 1 heterocycles. The molecule has 20 heavy (non-hydrogen) atoms. The van der Waals surface area contributed by atoms with Gasteiger partial charge in [0.2, 0.25) is 5.91 Å². The molecule has 1 saturated carbocycles. The van der Waals surface area contributed by atoms with E-state index in [4.69, 9.17) is 4.74 Å². The molecule has 3 atom stereocenters. The highest BCUT2D eigenvalue weighted by Crippen LogP contribution is 2.39. The molecule has 0 spiro atoms. The first-order valence-electron chi connectivity index (χ1n) is 7.61. The zero-order chi connectivity index (χ0) is 14.7. The first kappa shape index (κ1) is 15.3. The number of hydrogen-bond donors (Lipinski definition) is 1. The molecule has 1 amide bonds. The lowest BCUT2D eigenvalue weighted by molar-refractivity contribution is -0.150. The van der Waals surface area contributed by atoms with Gasteiger partial charge < -0.3 is 14.7 Å². The number of amides is 1. The van der Waals surface area contributed by atoms with Gasteiger partial charge in [-0.15, -0.1) is 0 Å². The van der Waals surface area contributed by atoms with Crippen LogP contribution in [0.3, 0.4) is 0 Å². The number of ether oxygens (including phenoxy) is 1. The van der Waals surface area contributed by atoms with Crippen molar-refractivity contribution in [1.29, 1.82) is 0 Å². The number of carboxylic acids is 1. The van der Waals surface area contributed by atoms with Gasteiger partial charge in [-0.2, -0.15) is 0 Å².